The van der Waals surface area contributed by atoms with Gasteiger partial charge in [0, 0.05) is 24.6 Å². The normalized spacial score (nSPS) is 24.9. The van der Waals surface area contributed by atoms with Crippen LogP contribution in [0.1, 0.15) is 18.4 Å². The van der Waals surface area contributed by atoms with Crippen molar-refractivity contribution in [2.24, 2.45) is 0 Å². The molecule has 0 bridgehead atoms. The molecule has 0 spiro atoms. The SMILES string of the molecule is Oc1c(F)cc(F)cc1CC1(O)CCCNC1. The minimum Gasteiger partial charge on any atom is -0.505 e. The summed E-state index contributed by atoms with van der Waals surface area (Å²) in [4.78, 5) is 0. The van der Waals surface area contributed by atoms with Gasteiger partial charge in [0.25, 0.3) is 0 Å². The Hall–Kier alpha value is -1.20. The van der Waals surface area contributed by atoms with E-state index in [2.05, 4.69) is 5.32 Å². The lowest BCUT2D eigenvalue weighted by Gasteiger charge is -2.32. The van der Waals surface area contributed by atoms with Gasteiger partial charge in [0.1, 0.15) is 5.82 Å². The molecular formula is C12H15F2NO2. The third-order valence-electron chi connectivity index (χ3n) is 3.08. The molecular weight excluding hydrogens is 228 g/mol. The second-order valence-electron chi connectivity index (χ2n) is 4.58. The van der Waals surface area contributed by atoms with E-state index in [1.807, 2.05) is 0 Å². The zero-order valence-corrected chi connectivity index (χ0v) is 9.34. The summed E-state index contributed by atoms with van der Waals surface area (Å²) in [5.74, 6) is -2.32. The van der Waals surface area contributed by atoms with Crippen LogP contribution in [0.2, 0.25) is 0 Å². The van der Waals surface area contributed by atoms with E-state index in [1.54, 1.807) is 0 Å². The number of aromatic hydroxyl groups is 1. The molecule has 3 N–H and O–H groups in total. The number of phenolic OH excluding ortho intramolecular Hbond substituents is 1. The number of hydrogen-bond donors (Lipinski definition) is 3. The van der Waals surface area contributed by atoms with Crippen molar-refractivity contribution in [3.63, 3.8) is 0 Å². The van der Waals surface area contributed by atoms with Crippen LogP contribution >= 0.6 is 0 Å². The van der Waals surface area contributed by atoms with Gasteiger partial charge in [-0.15, -0.1) is 0 Å². The summed E-state index contributed by atoms with van der Waals surface area (Å²) in [6.45, 7) is 1.19. The van der Waals surface area contributed by atoms with Crippen LogP contribution in [0.5, 0.6) is 5.75 Å². The Kier molecular flexibility index (Phi) is 3.31. The largest absolute Gasteiger partial charge is 0.505 e. The van der Waals surface area contributed by atoms with Gasteiger partial charge in [0.15, 0.2) is 11.6 Å². The number of aliphatic hydroxyl groups is 1. The van der Waals surface area contributed by atoms with Crippen molar-refractivity contribution in [1.82, 2.24) is 5.32 Å². The predicted molar refractivity (Wildman–Crippen MR) is 58.8 cm³/mol. The molecule has 1 aliphatic heterocycles. The molecule has 1 fully saturated rings. The van der Waals surface area contributed by atoms with Crippen LogP contribution < -0.4 is 5.32 Å². The van der Waals surface area contributed by atoms with Crippen LogP contribution in [-0.4, -0.2) is 28.9 Å². The topological polar surface area (TPSA) is 52.5 Å². The number of benzene rings is 1. The lowest BCUT2D eigenvalue weighted by molar-refractivity contribution is 0.0163. The van der Waals surface area contributed by atoms with Gasteiger partial charge in [0.05, 0.1) is 5.60 Å². The van der Waals surface area contributed by atoms with Crippen molar-refractivity contribution in [3.05, 3.63) is 29.3 Å². The van der Waals surface area contributed by atoms with E-state index < -0.39 is 23.0 Å². The van der Waals surface area contributed by atoms with Gasteiger partial charge >= 0.3 is 0 Å². The van der Waals surface area contributed by atoms with Crippen molar-refractivity contribution in [1.29, 1.82) is 0 Å². The van der Waals surface area contributed by atoms with E-state index in [1.165, 1.54) is 0 Å². The highest BCUT2D eigenvalue weighted by atomic mass is 19.1. The summed E-state index contributed by atoms with van der Waals surface area (Å²) in [6, 6.07) is 1.69. The first-order chi connectivity index (χ1) is 8.00. The molecule has 3 nitrogen and oxygen atoms in total. The third kappa shape index (κ3) is 2.73. The minimum absolute atomic E-state index is 0.0422. The Morgan fingerprint density at radius 2 is 2.12 bits per heavy atom. The summed E-state index contributed by atoms with van der Waals surface area (Å²) in [5.41, 5.74) is -0.940. The van der Waals surface area contributed by atoms with Crippen molar-refractivity contribution in [3.8, 4) is 5.75 Å². The smallest absolute Gasteiger partial charge is 0.168 e. The molecule has 1 aliphatic rings. The molecule has 1 heterocycles. The van der Waals surface area contributed by atoms with Crippen molar-refractivity contribution in [2.75, 3.05) is 13.1 Å². The molecule has 0 saturated carbocycles. The third-order valence-corrected chi connectivity index (χ3v) is 3.08. The number of rotatable bonds is 2. The maximum atomic E-state index is 13.1. The number of halogens is 2. The molecule has 94 valence electrons. The highest BCUT2D eigenvalue weighted by Crippen LogP contribution is 2.29. The summed E-state index contributed by atoms with van der Waals surface area (Å²) in [7, 11) is 0. The van der Waals surface area contributed by atoms with E-state index in [-0.39, 0.29) is 12.0 Å². The molecule has 0 amide bonds. The van der Waals surface area contributed by atoms with Gasteiger partial charge in [-0.3, -0.25) is 0 Å². The summed E-state index contributed by atoms with van der Waals surface area (Å²) in [6.07, 6.45) is 1.40. The van der Waals surface area contributed by atoms with Crippen molar-refractivity contribution >= 4 is 0 Å². The van der Waals surface area contributed by atoms with Crippen LogP contribution in [0.3, 0.4) is 0 Å². The highest BCUT2D eigenvalue weighted by molar-refractivity contribution is 5.35. The molecule has 1 atom stereocenters. The summed E-state index contributed by atoms with van der Waals surface area (Å²) >= 11 is 0. The molecule has 2 rings (SSSR count). The number of nitrogens with one attached hydrogen (secondary N) is 1. The Balaban J connectivity index is 2.23. The van der Waals surface area contributed by atoms with Gasteiger partial charge in [-0.25, -0.2) is 8.78 Å². The summed E-state index contributed by atoms with van der Waals surface area (Å²) in [5, 5.41) is 22.7. The lowest BCUT2D eigenvalue weighted by atomic mass is 9.87. The van der Waals surface area contributed by atoms with Gasteiger partial charge < -0.3 is 15.5 Å². The molecule has 0 radical (unpaired) electrons. The average Bonchev–Trinajstić information content (AvgIpc) is 2.26. The van der Waals surface area contributed by atoms with Crippen LogP contribution in [0.4, 0.5) is 8.78 Å². The zero-order valence-electron chi connectivity index (χ0n) is 9.34. The molecule has 1 aromatic rings. The van der Waals surface area contributed by atoms with Gasteiger partial charge in [0.2, 0.25) is 0 Å². The predicted octanol–water partition coefficient (Wildman–Crippen LogP) is 1.33. The number of hydrogen-bond acceptors (Lipinski definition) is 3. The van der Waals surface area contributed by atoms with Crippen LogP contribution in [0.15, 0.2) is 12.1 Å². The van der Waals surface area contributed by atoms with Crippen LogP contribution in [0.25, 0.3) is 0 Å². The van der Waals surface area contributed by atoms with Gasteiger partial charge in [-0.05, 0) is 25.5 Å². The van der Waals surface area contributed by atoms with E-state index >= 15 is 0 Å². The van der Waals surface area contributed by atoms with Crippen LogP contribution in [-0.2, 0) is 6.42 Å². The van der Waals surface area contributed by atoms with E-state index in [4.69, 9.17) is 0 Å². The Morgan fingerprint density at radius 1 is 1.35 bits per heavy atom. The van der Waals surface area contributed by atoms with Crippen molar-refractivity contribution < 1.29 is 19.0 Å². The fraction of sp³-hybridized carbons (Fsp3) is 0.500. The maximum absolute atomic E-state index is 13.1. The van der Waals surface area contributed by atoms with Gasteiger partial charge in [-0.2, -0.15) is 0 Å². The molecule has 1 saturated heterocycles. The average molecular weight is 243 g/mol. The fourth-order valence-electron chi connectivity index (χ4n) is 2.21. The van der Waals surface area contributed by atoms with Crippen molar-refractivity contribution in [2.45, 2.75) is 24.9 Å². The van der Waals surface area contributed by atoms with Gasteiger partial charge in [-0.1, -0.05) is 0 Å². The molecule has 0 aliphatic carbocycles. The van der Waals surface area contributed by atoms with Crippen LogP contribution in [0, 0.1) is 11.6 Å². The molecule has 1 unspecified atom stereocenters. The molecule has 1 aromatic carbocycles. The van der Waals surface area contributed by atoms with E-state index in [9.17, 15) is 19.0 Å². The first-order valence-electron chi connectivity index (χ1n) is 5.60. The van der Waals surface area contributed by atoms with E-state index in [0.29, 0.717) is 19.0 Å². The zero-order chi connectivity index (χ0) is 12.5. The molecule has 17 heavy (non-hydrogen) atoms. The second-order valence-corrected chi connectivity index (χ2v) is 4.58. The minimum atomic E-state index is -1.05. The first kappa shape index (κ1) is 12.3. The Labute approximate surface area is 98.1 Å². The standard InChI is InChI=1S/C12H15F2NO2/c13-9-4-8(11(16)10(14)5-9)6-12(17)2-1-3-15-7-12/h4-5,15-17H,1-3,6-7H2. The maximum Gasteiger partial charge on any atom is 0.168 e. The Morgan fingerprint density at radius 3 is 2.76 bits per heavy atom. The van der Waals surface area contributed by atoms with E-state index in [0.717, 1.165) is 19.0 Å². The first-order valence-corrected chi connectivity index (χ1v) is 5.60. The number of β-amino-alcohol motifs (C(OH)–C–C–N with tert-alkyl or cyclic N) is 1. The summed E-state index contributed by atoms with van der Waals surface area (Å²) < 4.78 is 26.2. The fourth-order valence-corrected chi connectivity index (χ4v) is 2.21. The molecule has 0 aromatic heterocycles. The quantitative estimate of drug-likeness (QED) is 0.734. The number of phenols is 1. The second kappa shape index (κ2) is 4.58. The number of piperidine rings is 1. The lowest BCUT2D eigenvalue weighted by Crippen LogP contribution is -2.47. The molecule has 5 heteroatoms. The highest BCUT2D eigenvalue weighted by Gasteiger charge is 2.30. The monoisotopic (exact) mass is 243 g/mol. The Bertz CT molecular complexity index is 417.